The van der Waals surface area contributed by atoms with Gasteiger partial charge in [0.1, 0.15) is 11.1 Å². The Kier molecular flexibility index (Phi) is 6.05. The van der Waals surface area contributed by atoms with E-state index < -0.39 is 5.97 Å². The molecule has 0 aliphatic rings. The van der Waals surface area contributed by atoms with Crippen LogP contribution in [0.5, 0.6) is 0 Å². The van der Waals surface area contributed by atoms with Gasteiger partial charge in [-0.2, -0.15) is 0 Å². The molecule has 1 heterocycles. The number of carbonyl (C=O) groups is 2. The van der Waals surface area contributed by atoms with Gasteiger partial charge in [-0.3, -0.25) is 4.79 Å². The van der Waals surface area contributed by atoms with Crippen LogP contribution in [0.15, 0.2) is 29.6 Å². The van der Waals surface area contributed by atoms with Crippen molar-refractivity contribution in [2.75, 3.05) is 13.7 Å². The number of carboxylic acid groups (broad SMARTS) is 1. The molecule has 1 aromatic heterocycles. The molecule has 1 amide bonds. The lowest BCUT2D eigenvalue weighted by atomic mass is 10.1. The van der Waals surface area contributed by atoms with Gasteiger partial charge in [0.25, 0.3) is 5.91 Å². The summed E-state index contributed by atoms with van der Waals surface area (Å²) in [6, 6.07) is 5.89. The lowest BCUT2D eigenvalue weighted by Crippen LogP contribution is -2.26. The Bertz CT molecular complexity index is 712. The van der Waals surface area contributed by atoms with Crippen LogP contribution in [0.1, 0.15) is 51.4 Å². The fourth-order valence-electron chi connectivity index (χ4n) is 2.19. The Balaban J connectivity index is 2.02. The highest BCUT2D eigenvalue weighted by Gasteiger charge is 2.16. The predicted octanol–water partition coefficient (Wildman–Crippen LogP) is 3.21. The molecule has 128 valence electrons. The molecule has 0 spiro atoms. The summed E-state index contributed by atoms with van der Waals surface area (Å²) < 4.78 is 5.51. The van der Waals surface area contributed by atoms with Crippen LogP contribution >= 0.6 is 11.3 Å². The van der Waals surface area contributed by atoms with Crippen LogP contribution < -0.4 is 0 Å². The molecule has 0 bridgehead atoms. The summed E-state index contributed by atoms with van der Waals surface area (Å²) in [6.45, 7) is 4.90. The summed E-state index contributed by atoms with van der Waals surface area (Å²) in [7, 11) is 1.69. The zero-order valence-electron chi connectivity index (χ0n) is 13.9. The average Bonchev–Trinajstić information content (AvgIpc) is 3.03. The molecule has 1 aromatic carbocycles. The lowest BCUT2D eigenvalue weighted by molar-refractivity contribution is 0.0694. The highest BCUT2D eigenvalue weighted by Crippen LogP contribution is 2.22. The first-order valence-electron chi connectivity index (χ1n) is 7.57. The van der Waals surface area contributed by atoms with Crippen LogP contribution in [0.4, 0.5) is 0 Å². The van der Waals surface area contributed by atoms with Gasteiger partial charge in [-0.25, -0.2) is 9.78 Å². The van der Waals surface area contributed by atoms with Crippen LogP contribution in [0.2, 0.25) is 0 Å². The number of amides is 1. The number of hydrogen-bond donors (Lipinski definition) is 1. The highest BCUT2D eigenvalue weighted by molar-refractivity contribution is 7.09. The zero-order chi connectivity index (χ0) is 17.7. The first-order chi connectivity index (χ1) is 11.4. The number of hydrogen-bond acceptors (Lipinski definition) is 5. The number of carbonyl (C=O) groups excluding carboxylic acids is 1. The number of aromatic nitrogens is 1. The third-order valence-electron chi connectivity index (χ3n) is 3.46. The van der Waals surface area contributed by atoms with Crippen molar-refractivity contribution in [3.05, 3.63) is 51.5 Å². The van der Waals surface area contributed by atoms with Crippen molar-refractivity contribution in [3.63, 3.8) is 0 Å². The summed E-state index contributed by atoms with van der Waals surface area (Å²) in [5, 5.41) is 11.7. The van der Waals surface area contributed by atoms with E-state index in [1.807, 2.05) is 19.2 Å². The summed E-state index contributed by atoms with van der Waals surface area (Å²) in [4.78, 5) is 29.3. The molecule has 0 fully saturated rings. The van der Waals surface area contributed by atoms with Gasteiger partial charge in [0, 0.05) is 24.6 Å². The lowest BCUT2D eigenvalue weighted by Gasteiger charge is -2.16. The number of carboxylic acids is 1. The number of ether oxygens (including phenoxy) is 1. The fourth-order valence-corrected chi connectivity index (χ4v) is 3.01. The quantitative estimate of drug-likeness (QED) is 0.831. The van der Waals surface area contributed by atoms with E-state index in [9.17, 15) is 9.59 Å². The second kappa shape index (κ2) is 8.03. The third-order valence-corrected chi connectivity index (χ3v) is 4.51. The minimum Gasteiger partial charge on any atom is -0.478 e. The van der Waals surface area contributed by atoms with Crippen molar-refractivity contribution < 1.29 is 19.4 Å². The van der Waals surface area contributed by atoms with Crippen molar-refractivity contribution in [3.8, 4) is 0 Å². The minimum atomic E-state index is -1.01. The number of nitrogens with zero attached hydrogens (tertiary/aromatic N) is 2. The molecule has 0 aliphatic carbocycles. The van der Waals surface area contributed by atoms with Gasteiger partial charge in [0.15, 0.2) is 0 Å². The highest BCUT2D eigenvalue weighted by atomic mass is 32.1. The average molecular weight is 348 g/mol. The Morgan fingerprint density at radius 1 is 1.29 bits per heavy atom. The van der Waals surface area contributed by atoms with Crippen LogP contribution in [0.3, 0.4) is 0 Å². The first-order valence-corrected chi connectivity index (χ1v) is 8.45. The van der Waals surface area contributed by atoms with Gasteiger partial charge in [-0.05, 0) is 38.1 Å². The van der Waals surface area contributed by atoms with Crippen molar-refractivity contribution in [2.24, 2.45) is 0 Å². The molecule has 1 N–H and O–H groups in total. The largest absolute Gasteiger partial charge is 0.478 e. The van der Waals surface area contributed by atoms with Gasteiger partial charge < -0.3 is 14.7 Å². The molecule has 0 radical (unpaired) electrons. The van der Waals surface area contributed by atoms with E-state index in [0.717, 1.165) is 10.7 Å². The molecule has 7 heteroatoms. The first kappa shape index (κ1) is 18.1. The van der Waals surface area contributed by atoms with E-state index in [-0.39, 0.29) is 17.6 Å². The number of aromatic carboxylic acids is 1. The van der Waals surface area contributed by atoms with Gasteiger partial charge >= 0.3 is 5.97 Å². The fraction of sp³-hybridized carbons (Fsp3) is 0.353. The molecule has 1 unspecified atom stereocenters. The van der Waals surface area contributed by atoms with Crippen molar-refractivity contribution in [2.45, 2.75) is 26.5 Å². The molecule has 6 nitrogen and oxygen atoms in total. The minimum absolute atomic E-state index is 0.0571. The number of thiazole rings is 1. The molecular weight excluding hydrogens is 328 g/mol. The smallest absolute Gasteiger partial charge is 0.335 e. The van der Waals surface area contributed by atoms with E-state index in [4.69, 9.17) is 9.84 Å². The van der Waals surface area contributed by atoms with E-state index in [1.54, 1.807) is 11.9 Å². The van der Waals surface area contributed by atoms with Crippen LogP contribution in [-0.2, 0) is 11.3 Å². The summed E-state index contributed by atoms with van der Waals surface area (Å²) in [6.07, 6.45) is -0.0571. The molecule has 2 rings (SSSR count). The van der Waals surface area contributed by atoms with Gasteiger partial charge in [-0.1, -0.05) is 0 Å². The van der Waals surface area contributed by atoms with E-state index in [2.05, 4.69) is 4.98 Å². The van der Waals surface area contributed by atoms with E-state index in [0.29, 0.717) is 18.7 Å². The molecule has 0 saturated carbocycles. The van der Waals surface area contributed by atoms with Gasteiger partial charge in [-0.15, -0.1) is 11.3 Å². The molecule has 1 atom stereocenters. The second-order valence-electron chi connectivity index (χ2n) is 5.32. The molecule has 0 aliphatic heterocycles. The maximum Gasteiger partial charge on any atom is 0.335 e. The third kappa shape index (κ3) is 4.39. The molecule has 0 saturated heterocycles. The van der Waals surface area contributed by atoms with E-state index >= 15 is 0 Å². The van der Waals surface area contributed by atoms with Crippen molar-refractivity contribution in [1.82, 2.24) is 9.88 Å². The summed E-state index contributed by atoms with van der Waals surface area (Å²) >= 11 is 1.51. The molecule has 24 heavy (non-hydrogen) atoms. The Morgan fingerprint density at radius 2 is 1.92 bits per heavy atom. The Morgan fingerprint density at radius 3 is 2.50 bits per heavy atom. The SMILES string of the molecule is CCOC(C)c1nc(CN(C)C(=O)c2ccc(C(=O)O)cc2)cs1. The second-order valence-corrected chi connectivity index (χ2v) is 6.21. The monoisotopic (exact) mass is 348 g/mol. The topological polar surface area (TPSA) is 79.7 Å². The Labute approximate surface area is 144 Å². The molecule has 2 aromatic rings. The normalized spacial score (nSPS) is 12.0. The number of rotatable bonds is 7. The van der Waals surface area contributed by atoms with Crippen LogP contribution in [0.25, 0.3) is 0 Å². The predicted molar refractivity (Wildman–Crippen MR) is 91.4 cm³/mol. The van der Waals surface area contributed by atoms with Gasteiger partial charge in [0.2, 0.25) is 0 Å². The zero-order valence-corrected chi connectivity index (χ0v) is 14.7. The maximum absolute atomic E-state index is 12.4. The number of benzene rings is 1. The van der Waals surface area contributed by atoms with Crippen LogP contribution in [-0.4, -0.2) is 40.5 Å². The summed E-state index contributed by atoms with van der Waals surface area (Å²) in [5.41, 5.74) is 1.41. The van der Waals surface area contributed by atoms with Crippen LogP contribution in [0, 0.1) is 0 Å². The Hall–Kier alpha value is -2.25. The standard InChI is InChI=1S/C17H20N2O4S/c1-4-23-11(2)15-18-14(10-24-15)9-19(3)16(20)12-5-7-13(8-6-12)17(21)22/h5-8,10-11H,4,9H2,1-3H3,(H,21,22). The summed E-state index contributed by atoms with van der Waals surface area (Å²) in [5.74, 6) is -1.19. The van der Waals surface area contributed by atoms with E-state index in [1.165, 1.54) is 35.6 Å². The maximum atomic E-state index is 12.4. The van der Waals surface area contributed by atoms with Crippen molar-refractivity contribution in [1.29, 1.82) is 0 Å². The van der Waals surface area contributed by atoms with Gasteiger partial charge in [0.05, 0.1) is 17.8 Å². The van der Waals surface area contributed by atoms with Crippen molar-refractivity contribution >= 4 is 23.2 Å². The molecular formula is C17H20N2O4S.